The van der Waals surface area contributed by atoms with Gasteiger partial charge in [0.15, 0.2) is 11.3 Å². The highest BCUT2D eigenvalue weighted by Gasteiger charge is 2.49. The van der Waals surface area contributed by atoms with Crippen molar-refractivity contribution in [3.8, 4) is 0 Å². The number of rotatable bonds is 2. The Hall–Kier alpha value is -2.63. The lowest BCUT2D eigenvalue weighted by Gasteiger charge is -2.39. The number of piperidine rings is 1. The van der Waals surface area contributed by atoms with Crippen LogP contribution in [-0.2, 0) is 10.3 Å². The zero-order valence-electron chi connectivity index (χ0n) is 13.7. The van der Waals surface area contributed by atoms with Crippen LogP contribution in [0.25, 0.3) is 0 Å². The van der Waals surface area contributed by atoms with Gasteiger partial charge in [-0.15, -0.1) is 0 Å². The molecule has 0 unspecified atom stereocenters. The van der Waals surface area contributed by atoms with Gasteiger partial charge in [0.2, 0.25) is 0 Å². The van der Waals surface area contributed by atoms with Crippen molar-refractivity contribution in [2.75, 3.05) is 13.1 Å². The molecule has 1 saturated heterocycles. The molecule has 1 saturated carbocycles. The Bertz CT molecular complexity index is 870. The first-order valence-corrected chi connectivity index (χ1v) is 8.75. The van der Waals surface area contributed by atoms with Crippen LogP contribution in [0.1, 0.15) is 63.8 Å². The Morgan fingerprint density at radius 2 is 2.12 bits per heavy atom. The number of carbonyl (C=O) groups is 2. The van der Waals surface area contributed by atoms with Gasteiger partial charge in [0, 0.05) is 24.1 Å². The largest absolute Gasteiger partial charge is 0.449 e. The third kappa shape index (κ3) is 2.27. The number of ether oxygens (including phenoxy) is 1. The summed E-state index contributed by atoms with van der Waals surface area (Å²) in [5.41, 5.74) is 1.10. The maximum atomic E-state index is 12.9. The normalized spacial score (nSPS) is 25.1. The van der Waals surface area contributed by atoms with Gasteiger partial charge >= 0.3 is 5.97 Å². The zero-order valence-corrected chi connectivity index (χ0v) is 13.7. The van der Waals surface area contributed by atoms with E-state index in [0.717, 1.165) is 37.0 Å². The molecule has 2 aliphatic heterocycles. The highest BCUT2D eigenvalue weighted by Crippen LogP contribution is 2.43. The molecule has 6 heteroatoms. The fourth-order valence-corrected chi connectivity index (χ4v) is 3.96. The average Bonchev–Trinajstić information content (AvgIpc) is 3.31. The Morgan fingerprint density at radius 1 is 1.28 bits per heavy atom. The minimum absolute atomic E-state index is 0.157. The lowest BCUT2D eigenvalue weighted by Crippen LogP contribution is -2.48. The van der Waals surface area contributed by atoms with Gasteiger partial charge in [-0.25, -0.2) is 4.79 Å². The molecule has 1 aliphatic carbocycles. The molecule has 1 atom stereocenters. The molecule has 5 rings (SSSR count). The highest BCUT2D eigenvalue weighted by molar-refractivity contribution is 5.95. The van der Waals surface area contributed by atoms with Crippen molar-refractivity contribution in [3.63, 3.8) is 0 Å². The summed E-state index contributed by atoms with van der Waals surface area (Å²) in [5.74, 6) is 0.759. The second-order valence-electron chi connectivity index (χ2n) is 7.15. The number of hydrogen-bond donors (Lipinski definition) is 0. The molecule has 3 heterocycles. The fraction of sp³-hybridized carbons (Fsp3) is 0.421. The molecule has 128 valence electrons. The van der Waals surface area contributed by atoms with Crippen molar-refractivity contribution in [1.82, 2.24) is 10.1 Å². The molecule has 1 spiro atoms. The molecule has 1 aromatic heterocycles. The predicted octanol–water partition coefficient (Wildman–Crippen LogP) is 2.85. The summed E-state index contributed by atoms with van der Waals surface area (Å²) in [5, 5.41) is 3.95. The van der Waals surface area contributed by atoms with Crippen molar-refractivity contribution >= 4 is 11.9 Å². The Kier molecular flexibility index (Phi) is 3.04. The number of aromatic nitrogens is 1. The molecule has 1 aromatic carbocycles. The molecule has 6 nitrogen and oxygen atoms in total. The first-order valence-electron chi connectivity index (χ1n) is 8.75. The number of amides is 1. The van der Waals surface area contributed by atoms with Crippen LogP contribution in [0.4, 0.5) is 0 Å². The van der Waals surface area contributed by atoms with Gasteiger partial charge in [-0.1, -0.05) is 23.4 Å². The van der Waals surface area contributed by atoms with Gasteiger partial charge in [-0.3, -0.25) is 4.79 Å². The van der Waals surface area contributed by atoms with Crippen molar-refractivity contribution in [2.45, 2.75) is 37.2 Å². The van der Waals surface area contributed by atoms with E-state index >= 15 is 0 Å². The first-order chi connectivity index (χ1) is 12.2. The minimum Gasteiger partial charge on any atom is -0.449 e. The van der Waals surface area contributed by atoms with Crippen LogP contribution in [0.2, 0.25) is 0 Å². The van der Waals surface area contributed by atoms with Crippen LogP contribution in [0, 0.1) is 0 Å². The van der Waals surface area contributed by atoms with E-state index < -0.39 is 5.60 Å². The Labute approximate surface area is 144 Å². The summed E-state index contributed by atoms with van der Waals surface area (Å²) in [7, 11) is 0. The molecule has 0 bridgehead atoms. The van der Waals surface area contributed by atoms with E-state index in [9.17, 15) is 9.59 Å². The van der Waals surface area contributed by atoms with Crippen LogP contribution in [0.15, 0.2) is 34.9 Å². The van der Waals surface area contributed by atoms with Gasteiger partial charge in [-0.2, -0.15) is 0 Å². The van der Waals surface area contributed by atoms with Crippen molar-refractivity contribution < 1.29 is 18.8 Å². The van der Waals surface area contributed by atoms with Gasteiger partial charge < -0.3 is 14.2 Å². The number of likely N-dealkylation sites (tertiary alicyclic amines) is 1. The first kappa shape index (κ1) is 14.7. The van der Waals surface area contributed by atoms with Crippen LogP contribution in [0.5, 0.6) is 0 Å². The van der Waals surface area contributed by atoms with Crippen LogP contribution in [0.3, 0.4) is 0 Å². The summed E-state index contributed by atoms with van der Waals surface area (Å²) in [6.07, 6.45) is 3.71. The smallest absolute Gasteiger partial charge is 0.339 e. The number of hydrogen-bond acceptors (Lipinski definition) is 5. The molecule has 0 radical (unpaired) electrons. The SMILES string of the molecule is O=C1O[C@]2(CCCN(C(=O)c3cc(C4CC4)on3)C2)c2ccccc21. The molecule has 2 aromatic rings. The molecular weight excluding hydrogens is 320 g/mol. The van der Waals surface area contributed by atoms with Gasteiger partial charge in [0.1, 0.15) is 5.76 Å². The lowest BCUT2D eigenvalue weighted by molar-refractivity contribution is -0.0443. The summed E-state index contributed by atoms with van der Waals surface area (Å²) in [6.45, 7) is 0.992. The summed E-state index contributed by atoms with van der Waals surface area (Å²) in [4.78, 5) is 26.8. The number of benzene rings is 1. The second-order valence-corrected chi connectivity index (χ2v) is 7.15. The second kappa shape index (κ2) is 5.18. The molecule has 2 fully saturated rings. The fourth-order valence-electron chi connectivity index (χ4n) is 3.96. The molecule has 25 heavy (non-hydrogen) atoms. The van der Waals surface area contributed by atoms with Gasteiger partial charge in [-0.05, 0) is 31.7 Å². The number of carbonyl (C=O) groups excluding carboxylic acids is 2. The molecular formula is C19H18N2O4. The molecule has 0 N–H and O–H groups in total. The maximum Gasteiger partial charge on any atom is 0.339 e. The van der Waals surface area contributed by atoms with E-state index in [1.165, 1.54) is 0 Å². The van der Waals surface area contributed by atoms with E-state index in [4.69, 9.17) is 9.26 Å². The van der Waals surface area contributed by atoms with E-state index in [-0.39, 0.29) is 11.9 Å². The zero-order chi connectivity index (χ0) is 17.0. The number of nitrogens with zero attached hydrogens (tertiary/aromatic N) is 2. The summed E-state index contributed by atoms with van der Waals surface area (Å²) in [6, 6.07) is 9.21. The van der Waals surface area contributed by atoms with Crippen LogP contribution >= 0.6 is 0 Å². The van der Waals surface area contributed by atoms with Crippen molar-refractivity contribution in [3.05, 3.63) is 52.9 Å². The monoisotopic (exact) mass is 338 g/mol. The standard InChI is InChI=1S/C19H18N2O4/c22-17(15-10-16(25-20-15)12-6-7-12)21-9-3-8-19(11-21)14-5-2-1-4-13(14)18(23)24-19/h1-2,4-5,10,12H,3,6-9,11H2/t19-/m0/s1. The lowest BCUT2D eigenvalue weighted by atomic mass is 9.85. The average molecular weight is 338 g/mol. The third-order valence-corrected chi connectivity index (χ3v) is 5.40. The van der Waals surface area contributed by atoms with E-state index in [1.807, 2.05) is 18.2 Å². The Morgan fingerprint density at radius 3 is 2.96 bits per heavy atom. The van der Waals surface area contributed by atoms with Crippen LogP contribution < -0.4 is 0 Å². The number of esters is 1. The van der Waals surface area contributed by atoms with Crippen LogP contribution in [-0.4, -0.2) is 35.0 Å². The third-order valence-electron chi connectivity index (χ3n) is 5.40. The van der Waals surface area contributed by atoms with E-state index in [2.05, 4.69) is 5.16 Å². The molecule has 1 amide bonds. The summed E-state index contributed by atoms with van der Waals surface area (Å²) >= 11 is 0. The van der Waals surface area contributed by atoms with Crippen molar-refractivity contribution in [2.24, 2.45) is 0 Å². The summed E-state index contributed by atoms with van der Waals surface area (Å²) < 4.78 is 11.1. The molecule has 3 aliphatic rings. The Balaban J connectivity index is 1.42. The minimum atomic E-state index is -0.732. The highest BCUT2D eigenvalue weighted by atomic mass is 16.6. The predicted molar refractivity (Wildman–Crippen MR) is 87.2 cm³/mol. The quantitative estimate of drug-likeness (QED) is 0.787. The van der Waals surface area contributed by atoms with E-state index in [0.29, 0.717) is 30.3 Å². The van der Waals surface area contributed by atoms with Crippen molar-refractivity contribution in [1.29, 1.82) is 0 Å². The van der Waals surface area contributed by atoms with Gasteiger partial charge in [0.05, 0.1) is 12.1 Å². The maximum absolute atomic E-state index is 12.9. The number of fused-ring (bicyclic) bond motifs is 2. The van der Waals surface area contributed by atoms with Gasteiger partial charge in [0.25, 0.3) is 5.91 Å². The topological polar surface area (TPSA) is 72.6 Å². The van der Waals surface area contributed by atoms with E-state index in [1.54, 1.807) is 17.0 Å².